The van der Waals surface area contributed by atoms with Crippen molar-refractivity contribution in [1.82, 2.24) is 15.7 Å². The van der Waals surface area contributed by atoms with Crippen molar-refractivity contribution in [2.75, 3.05) is 13.1 Å². The highest BCUT2D eigenvalue weighted by Gasteiger charge is 2.41. The van der Waals surface area contributed by atoms with Gasteiger partial charge in [-0.15, -0.1) is 0 Å². The topological polar surface area (TPSA) is 83.8 Å². The fraction of sp³-hybridized carbons (Fsp3) is 0.364. The summed E-state index contributed by atoms with van der Waals surface area (Å²) in [4.78, 5) is 32.8. The van der Waals surface area contributed by atoms with Gasteiger partial charge < -0.3 is 14.6 Å². The van der Waals surface area contributed by atoms with Gasteiger partial charge in [-0.2, -0.15) is 0 Å². The first-order chi connectivity index (χ1) is 14.0. The minimum absolute atomic E-state index is 0.0232. The number of carbonyl (C=O) groups excluding carboxylic acids is 2. The molecule has 2 aromatic rings. The van der Waals surface area contributed by atoms with Crippen molar-refractivity contribution in [3.05, 3.63) is 70.8 Å². The third-order valence-electron chi connectivity index (χ3n) is 5.48. The van der Waals surface area contributed by atoms with Gasteiger partial charge in [-0.3, -0.25) is 19.9 Å². The van der Waals surface area contributed by atoms with Gasteiger partial charge in [0.05, 0.1) is 5.56 Å². The fourth-order valence-electron chi connectivity index (χ4n) is 3.81. The number of rotatable bonds is 4. The molecule has 29 heavy (non-hydrogen) atoms. The number of hydrogen-bond donors (Lipinski definition) is 2. The Morgan fingerprint density at radius 1 is 1.17 bits per heavy atom. The molecule has 0 atom stereocenters. The maximum Gasteiger partial charge on any atom is 0.269 e. The van der Waals surface area contributed by atoms with Crippen molar-refractivity contribution in [1.29, 1.82) is 0 Å². The summed E-state index contributed by atoms with van der Waals surface area (Å²) in [6, 6.07) is 11.5. The summed E-state index contributed by atoms with van der Waals surface area (Å²) < 4.78 is 5.48. The molecule has 152 valence electrons. The number of hydrogen-bond acceptors (Lipinski definition) is 5. The molecule has 0 radical (unpaired) electrons. The number of nitrogens with one attached hydrogen (secondary N) is 2. The van der Waals surface area contributed by atoms with Gasteiger partial charge in [-0.25, -0.2) is 0 Å². The van der Waals surface area contributed by atoms with E-state index in [9.17, 15) is 9.59 Å². The van der Waals surface area contributed by atoms with Crippen LogP contribution >= 0.6 is 0 Å². The highest BCUT2D eigenvalue weighted by atomic mass is 16.7. The van der Waals surface area contributed by atoms with Crippen LogP contribution in [0.15, 0.2) is 52.6 Å². The number of carbonyl (C=O) groups is 2. The van der Waals surface area contributed by atoms with Gasteiger partial charge in [0.1, 0.15) is 22.8 Å². The summed E-state index contributed by atoms with van der Waals surface area (Å²) in [5.41, 5.74) is 4.28. The van der Waals surface area contributed by atoms with E-state index in [4.69, 9.17) is 9.25 Å². The lowest BCUT2D eigenvalue weighted by atomic mass is 9.90. The van der Waals surface area contributed by atoms with Crippen LogP contribution in [0.1, 0.15) is 40.3 Å². The molecule has 2 amide bonds. The normalized spacial score (nSPS) is 17.7. The monoisotopic (exact) mass is 395 g/mol. The molecule has 0 bridgehead atoms. The number of nitrogens with zero attached hydrogens (tertiary/aromatic N) is 1. The first-order valence-corrected chi connectivity index (χ1v) is 9.81. The Morgan fingerprint density at radius 2 is 1.90 bits per heavy atom. The molecule has 0 saturated carbocycles. The van der Waals surface area contributed by atoms with Crippen LogP contribution in [-0.4, -0.2) is 35.4 Å². The van der Waals surface area contributed by atoms with Crippen LogP contribution in [0, 0.1) is 13.8 Å². The van der Waals surface area contributed by atoms with Crippen molar-refractivity contribution in [3.63, 3.8) is 0 Å². The average Bonchev–Trinajstić information content (AvgIpc) is 3.30. The molecule has 1 aromatic carbocycles. The average molecular weight is 395 g/mol. The van der Waals surface area contributed by atoms with Crippen LogP contribution < -0.4 is 10.8 Å². The zero-order valence-corrected chi connectivity index (χ0v) is 16.7. The lowest BCUT2D eigenvalue weighted by Gasteiger charge is -2.36. The van der Waals surface area contributed by atoms with Crippen LogP contribution in [0.3, 0.4) is 0 Å². The molecular formula is C22H25N3O4. The molecule has 0 aliphatic carbocycles. The summed E-state index contributed by atoms with van der Waals surface area (Å²) in [5, 5.41) is 2.90. The number of furan rings is 1. The van der Waals surface area contributed by atoms with Gasteiger partial charge in [-0.05, 0) is 31.6 Å². The van der Waals surface area contributed by atoms with Gasteiger partial charge in [0.15, 0.2) is 0 Å². The zero-order chi connectivity index (χ0) is 20.4. The molecule has 3 heterocycles. The lowest BCUT2D eigenvalue weighted by molar-refractivity contribution is -0.120. The van der Waals surface area contributed by atoms with Crippen molar-refractivity contribution >= 4 is 11.8 Å². The Hall–Kier alpha value is -3.06. The van der Waals surface area contributed by atoms with Crippen LogP contribution in [0.25, 0.3) is 0 Å². The Kier molecular flexibility index (Phi) is 5.15. The van der Waals surface area contributed by atoms with E-state index in [0.29, 0.717) is 49.5 Å². The highest BCUT2D eigenvalue weighted by molar-refractivity contribution is 5.95. The fourth-order valence-corrected chi connectivity index (χ4v) is 3.81. The van der Waals surface area contributed by atoms with Crippen molar-refractivity contribution < 1.29 is 18.8 Å². The van der Waals surface area contributed by atoms with E-state index in [1.165, 1.54) is 0 Å². The molecule has 1 fully saturated rings. The van der Waals surface area contributed by atoms with Crippen LogP contribution in [0.2, 0.25) is 0 Å². The molecule has 1 aromatic heterocycles. The number of hydroxylamine groups is 1. The molecule has 4 rings (SSSR count). The number of likely N-dealkylation sites (tertiary alicyclic amines) is 1. The summed E-state index contributed by atoms with van der Waals surface area (Å²) in [7, 11) is 0. The second kappa shape index (κ2) is 7.75. The zero-order valence-electron chi connectivity index (χ0n) is 16.7. The molecule has 7 heteroatoms. The third-order valence-corrected chi connectivity index (χ3v) is 5.48. The van der Waals surface area contributed by atoms with E-state index >= 15 is 0 Å². The Labute approximate surface area is 169 Å². The van der Waals surface area contributed by atoms with Gasteiger partial charge in [0, 0.05) is 32.5 Å². The van der Waals surface area contributed by atoms with E-state index in [-0.39, 0.29) is 11.8 Å². The summed E-state index contributed by atoms with van der Waals surface area (Å²) in [6.07, 6.45) is 3.09. The Balaban J connectivity index is 1.35. The highest BCUT2D eigenvalue weighted by Crippen LogP contribution is 2.32. The van der Waals surface area contributed by atoms with Gasteiger partial charge >= 0.3 is 0 Å². The van der Waals surface area contributed by atoms with Gasteiger partial charge in [-0.1, -0.05) is 30.3 Å². The van der Waals surface area contributed by atoms with Gasteiger partial charge in [0.25, 0.3) is 11.8 Å². The predicted molar refractivity (Wildman–Crippen MR) is 107 cm³/mol. The van der Waals surface area contributed by atoms with Crippen LogP contribution in [0.4, 0.5) is 0 Å². The minimum Gasteiger partial charge on any atom is -0.466 e. The lowest BCUT2D eigenvalue weighted by Crippen LogP contribution is -2.46. The molecule has 0 unspecified atom stereocenters. The first-order valence-electron chi connectivity index (χ1n) is 9.81. The van der Waals surface area contributed by atoms with E-state index in [2.05, 4.69) is 10.8 Å². The smallest absolute Gasteiger partial charge is 0.269 e. The number of benzene rings is 1. The summed E-state index contributed by atoms with van der Waals surface area (Å²) in [6.45, 7) is 5.21. The summed E-state index contributed by atoms with van der Waals surface area (Å²) >= 11 is 0. The summed E-state index contributed by atoms with van der Waals surface area (Å²) in [5.74, 6) is 1.15. The number of amides is 2. The largest absolute Gasteiger partial charge is 0.466 e. The first kappa shape index (κ1) is 19.3. The Morgan fingerprint density at radius 3 is 2.55 bits per heavy atom. The molecule has 2 N–H and O–H groups in total. The van der Waals surface area contributed by atoms with Crippen LogP contribution in [-0.2, 0) is 16.2 Å². The maximum atomic E-state index is 12.8. The molecule has 1 saturated heterocycles. The quantitative estimate of drug-likeness (QED) is 0.831. The standard InChI is InChI=1S/C22H25N3O4/c1-15-12-18(16(2)28-15)21(27)25-10-8-22(9-11-25)13-19(24-29-22)20(26)23-14-17-6-4-3-5-7-17/h3-7,12-13,24H,8-11,14H2,1-2H3,(H,23,26). The number of piperidine rings is 1. The molecule has 2 aliphatic rings. The van der Waals surface area contributed by atoms with Gasteiger partial charge in [0.2, 0.25) is 0 Å². The predicted octanol–water partition coefficient (Wildman–Crippen LogP) is 2.61. The second-order valence-corrected chi connectivity index (χ2v) is 7.61. The molecular weight excluding hydrogens is 370 g/mol. The second-order valence-electron chi connectivity index (χ2n) is 7.61. The minimum atomic E-state index is -0.558. The van der Waals surface area contributed by atoms with E-state index < -0.39 is 5.60 Å². The van der Waals surface area contributed by atoms with E-state index in [0.717, 1.165) is 11.3 Å². The van der Waals surface area contributed by atoms with Crippen LogP contribution in [0.5, 0.6) is 0 Å². The molecule has 7 nitrogen and oxygen atoms in total. The SMILES string of the molecule is Cc1cc(C(=O)N2CCC3(C=C(C(=O)NCc4ccccc4)NO3)CC2)c(C)o1. The van der Waals surface area contributed by atoms with Crippen molar-refractivity contribution in [2.45, 2.75) is 38.8 Å². The van der Waals surface area contributed by atoms with Crippen molar-refractivity contribution in [3.8, 4) is 0 Å². The van der Waals surface area contributed by atoms with E-state index in [1.54, 1.807) is 13.0 Å². The maximum absolute atomic E-state index is 12.8. The molecule has 1 spiro atoms. The Bertz CT molecular complexity index is 940. The molecule has 2 aliphatic heterocycles. The van der Waals surface area contributed by atoms with E-state index in [1.807, 2.05) is 48.2 Å². The van der Waals surface area contributed by atoms with Crippen molar-refractivity contribution in [2.24, 2.45) is 0 Å². The number of aryl methyl sites for hydroxylation is 2. The third kappa shape index (κ3) is 4.05.